The van der Waals surface area contributed by atoms with Gasteiger partial charge in [0.1, 0.15) is 12.6 Å². The zero-order chi connectivity index (χ0) is 21.6. The molecule has 3 N–H and O–H groups in total. The van der Waals surface area contributed by atoms with Gasteiger partial charge < -0.3 is 20.9 Å². The Balaban J connectivity index is 1.91. The number of rotatable bonds is 6. The van der Waals surface area contributed by atoms with Crippen LogP contribution in [0.3, 0.4) is 0 Å². The molecule has 1 fully saturated rings. The molecule has 1 unspecified atom stereocenters. The molecule has 1 aromatic rings. The van der Waals surface area contributed by atoms with Gasteiger partial charge in [0.15, 0.2) is 0 Å². The summed E-state index contributed by atoms with van der Waals surface area (Å²) in [5.74, 6) is -0.928. The van der Waals surface area contributed by atoms with Crippen molar-refractivity contribution in [2.24, 2.45) is 0 Å². The number of hydrogen-bond acceptors (Lipinski definition) is 3. The quantitative estimate of drug-likeness (QED) is 0.668. The molecule has 0 spiro atoms. The summed E-state index contributed by atoms with van der Waals surface area (Å²) in [5.41, 5.74) is 1.23. The second-order valence-corrected chi connectivity index (χ2v) is 7.21. The minimum Gasteiger partial charge on any atom is -0.354 e. The number of nitrogens with zero attached hydrogens (tertiary/aromatic N) is 1. The first-order valence-corrected chi connectivity index (χ1v) is 9.35. The molecule has 1 aliphatic rings. The largest absolute Gasteiger partial charge is 0.405 e. The minimum atomic E-state index is -4.50. The van der Waals surface area contributed by atoms with Crippen molar-refractivity contribution < 1.29 is 27.6 Å². The van der Waals surface area contributed by atoms with Crippen LogP contribution in [0.1, 0.15) is 32.3 Å². The number of carbonyl (C=O) groups excluding carboxylic acids is 3. The summed E-state index contributed by atoms with van der Waals surface area (Å²) in [6.45, 7) is 2.59. The molecule has 1 heterocycles. The Morgan fingerprint density at radius 1 is 1.17 bits per heavy atom. The van der Waals surface area contributed by atoms with Crippen LogP contribution in [0.4, 0.5) is 23.7 Å². The minimum absolute atomic E-state index is 0.0443. The Hall–Kier alpha value is -2.78. The van der Waals surface area contributed by atoms with Crippen LogP contribution in [-0.2, 0) is 16.0 Å². The van der Waals surface area contributed by atoms with Gasteiger partial charge in [-0.05, 0) is 44.4 Å². The van der Waals surface area contributed by atoms with E-state index in [2.05, 4.69) is 10.6 Å². The third-order valence-electron chi connectivity index (χ3n) is 4.30. The maximum atomic E-state index is 12.5. The highest BCUT2D eigenvalue weighted by molar-refractivity contribution is 5.94. The van der Waals surface area contributed by atoms with Crippen molar-refractivity contribution in [1.82, 2.24) is 15.5 Å². The highest BCUT2D eigenvalue weighted by atomic mass is 19.4. The molecule has 0 radical (unpaired) electrons. The summed E-state index contributed by atoms with van der Waals surface area (Å²) < 4.78 is 36.9. The number of likely N-dealkylation sites (tertiary alicyclic amines) is 1. The van der Waals surface area contributed by atoms with Crippen LogP contribution in [-0.4, -0.2) is 54.1 Å². The summed E-state index contributed by atoms with van der Waals surface area (Å²) in [5, 5.41) is 7.25. The third kappa shape index (κ3) is 7.28. The van der Waals surface area contributed by atoms with Gasteiger partial charge in [-0.2, -0.15) is 13.2 Å². The first-order valence-electron chi connectivity index (χ1n) is 9.35. The van der Waals surface area contributed by atoms with E-state index in [0.717, 1.165) is 5.56 Å². The van der Waals surface area contributed by atoms with Gasteiger partial charge in [-0.25, -0.2) is 4.79 Å². The number of anilines is 1. The fourth-order valence-electron chi connectivity index (χ4n) is 3.05. The SMILES string of the molecule is CC(C)NC(=O)Cc1ccc(NC(=O)N2CCCC2C(=O)NCC(F)(F)F)cc1. The van der Waals surface area contributed by atoms with Gasteiger partial charge in [0, 0.05) is 18.3 Å². The maximum absolute atomic E-state index is 12.5. The van der Waals surface area contributed by atoms with E-state index in [1.54, 1.807) is 24.3 Å². The van der Waals surface area contributed by atoms with Crippen LogP contribution in [0.25, 0.3) is 0 Å². The topological polar surface area (TPSA) is 90.5 Å². The van der Waals surface area contributed by atoms with E-state index in [-0.39, 0.29) is 24.9 Å². The number of alkyl halides is 3. The number of nitrogens with one attached hydrogen (secondary N) is 3. The maximum Gasteiger partial charge on any atom is 0.405 e. The second kappa shape index (κ2) is 9.62. The van der Waals surface area contributed by atoms with Gasteiger partial charge in [-0.1, -0.05) is 12.1 Å². The number of urea groups is 1. The third-order valence-corrected chi connectivity index (χ3v) is 4.30. The molecular formula is C19H25F3N4O3. The van der Waals surface area contributed by atoms with Crippen molar-refractivity contribution >= 4 is 23.5 Å². The summed E-state index contributed by atoms with van der Waals surface area (Å²) in [7, 11) is 0. The zero-order valence-electron chi connectivity index (χ0n) is 16.3. The molecule has 1 saturated heterocycles. The predicted molar refractivity (Wildman–Crippen MR) is 101 cm³/mol. The van der Waals surface area contributed by atoms with Crippen molar-refractivity contribution in [2.75, 3.05) is 18.4 Å². The Kier molecular flexibility index (Phi) is 7.46. The Morgan fingerprint density at radius 3 is 2.41 bits per heavy atom. The lowest BCUT2D eigenvalue weighted by Gasteiger charge is -2.24. The molecule has 1 aromatic carbocycles. The van der Waals surface area contributed by atoms with Gasteiger partial charge in [-0.3, -0.25) is 9.59 Å². The lowest BCUT2D eigenvalue weighted by atomic mass is 10.1. The molecule has 10 heteroatoms. The fraction of sp³-hybridized carbons (Fsp3) is 0.526. The summed E-state index contributed by atoms with van der Waals surface area (Å²) >= 11 is 0. The number of benzene rings is 1. The Morgan fingerprint density at radius 2 is 1.83 bits per heavy atom. The average molecular weight is 414 g/mol. The predicted octanol–water partition coefficient (Wildman–Crippen LogP) is 2.43. The average Bonchev–Trinajstić information content (AvgIpc) is 3.10. The van der Waals surface area contributed by atoms with E-state index in [4.69, 9.17) is 0 Å². The van der Waals surface area contributed by atoms with Crippen molar-refractivity contribution in [3.63, 3.8) is 0 Å². The molecule has 4 amide bonds. The molecule has 7 nitrogen and oxygen atoms in total. The van der Waals surface area contributed by atoms with Gasteiger partial charge in [-0.15, -0.1) is 0 Å². The second-order valence-electron chi connectivity index (χ2n) is 7.21. The molecule has 0 aromatic heterocycles. The van der Waals surface area contributed by atoms with E-state index in [1.165, 1.54) is 4.90 Å². The molecule has 0 bridgehead atoms. The lowest BCUT2D eigenvalue weighted by molar-refractivity contribution is -0.140. The molecule has 160 valence electrons. The molecule has 0 saturated carbocycles. The van der Waals surface area contributed by atoms with Crippen LogP contribution < -0.4 is 16.0 Å². The van der Waals surface area contributed by atoms with E-state index in [1.807, 2.05) is 19.2 Å². The molecule has 1 aliphatic heterocycles. The standard InChI is InChI=1S/C19H25F3N4O3/c1-12(2)24-16(27)10-13-5-7-14(8-6-13)25-18(29)26-9-3-4-15(26)17(28)23-11-19(20,21)22/h5-8,12,15H,3-4,9-11H2,1-2H3,(H,23,28)(H,24,27)(H,25,29). The van der Waals surface area contributed by atoms with Crippen molar-refractivity contribution in [3.05, 3.63) is 29.8 Å². The van der Waals surface area contributed by atoms with Crippen LogP contribution in [0, 0.1) is 0 Å². The molecule has 29 heavy (non-hydrogen) atoms. The number of amides is 4. The molecular weight excluding hydrogens is 389 g/mol. The zero-order valence-corrected chi connectivity index (χ0v) is 16.3. The Labute approximate surface area is 167 Å². The highest BCUT2D eigenvalue weighted by Crippen LogP contribution is 2.20. The molecule has 0 aliphatic carbocycles. The van der Waals surface area contributed by atoms with Crippen molar-refractivity contribution in [3.8, 4) is 0 Å². The summed E-state index contributed by atoms with van der Waals surface area (Å²) in [6.07, 6.45) is -3.46. The van der Waals surface area contributed by atoms with Gasteiger partial charge >= 0.3 is 12.2 Å². The number of carbonyl (C=O) groups is 3. The lowest BCUT2D eigenvalue weighted by Crippen LogP contribution is -2.49. The van der Waals surface area contributed by atoms with Crippen molar-refractivity contribution in [2.45, 2.75) is 51.4 Å². The number of hydrogen-bond donors (Lipinski definition) is 3. The fourth-order valence-corrected chi connectivity index (χ4v) is 3.05. The van der Waals surface area contributed by atoms with Gasteiger partial charge in [0.05, 0.1) is 6.42 Å². The van der Waals surface area contributed by atoms with Crippen LogP contribution >= 0.6 is 0 Å². The van der Waals surface area contributed by atoms with Crippen LogP contribution in [0.15, 0.2) is 24.3 Å². The molecule has 2 rings (SSSR count). The molecule has 1 atom stereocenters. The summed E-state index contributed by atoms with van der Waals surface area (Å²) in [6, 6.07) is 5.22. The first-order chi connectivity index (χ1) is 13.5. The van der Waals surface area contributed by atoms with Gasteiger partial charge in [0.25, 0.3) is 0 Å². The summed E-state index contributed by atoms with van der Waals surface area (Å²) in [4.78, 5) is 37.5. The Bertz CT molecular complexity index is 735. The van der Waals surface area contributed by atoms with E-state index in [0.29, 0.717) is 18.5 Å². The number of halogens is 3. The normalized spacial score (nSPS) is 16.6. The smallest absolute Gasteiger partial charge is 0.354 e. The van der Waals surface area contributed by atoms with E-state index < -0.39 is 30.7 Å². The van der Waals surface area contributed by atoms with E-state index >= 15 is 0 Å². The van der Waals surface area contributed by atoms with Crippen LogP contribution in [0.2, 0.25) is 0 Å². The monoisotopic (exact) mass is 414 g/mol. The first kappa shape index (κ1) is 22.5. The van der Waals surface area contributed by atoms with Crippen LogP contribution in [0.5, 0.6) is 0 Å². The van der Waals surface area contributed by atoms with E-state index in [9.17, 15) is 27.6 Å². The van der Waals surface area contributed by atoms with Crippen molar-refractivity contribution in [1.29, 1.82) is 0 Å². The van der Waals surface area contributed by atoms with Gasteiger partial charge in [0.2, 0.25) is 11.8 Å². The highest BCUT2D eigenvalue weighted by Gasteiger charge is 2.36.